The lowest BCUT2D eigenvalue weighted by molar-refractivity contribution is 0.0608. The van der Waals surface area contributed by atoms with E-state index < -0.39 is 0 Å². The fourth-order valence-electron chi connectivity index (χ4n) is 5.93. The summed E-state index contributed by atoms with van der Waals surface area (Å²) in [5.74, 6) is 0.875. The number of nitrogen functional groups attached to an aromatic ring is 1. The van der Waals surface area contributed by atoms with Gasteiger partial charge < -0.3 is 20.1 Å². The van der Waals surface area contributed by atoms with Crippen molar-refractivity contribution in [2.75, 3.05) is 30.3 Å². The predicted octanol–water partition coefficient (Wildman–Crippen LogP) is 3.46. The molecule has 0 aliphatic carbocycles. The average molecular weight is 421 g/mol. The van der Waals surface area contributed by atoms with Gasteiger partial charge in [0, 0.05) is 55.5 Å². The fraction of sp³-hybridized carbons (Fsp3) is 0.520. The maximum atomic E-state index is 13.2. The Hall–Kier alpha value is -2.76. The Morgan fingerprint density at radius 1 is 1.13 bits per heavy atom. The van der Waals surface area contributed by atoms with Crippen molar-refractivity contribution in [3.8, 4) is 0 Å². The van der Waals surface area contributed by atoms with E-state index in [4.69, 9.17) is 5.73 Å². The minimum Gasteiger partial charge on any atom is -0.397 e. The molecule has 0 saturated carbocycles. The van der Waals surface area contributed by atoms with Crippen LogP contribution in [-0.4, -0.2) is 41.1 Å². The highest BCUT2D eigenvalue weighted by atomic mass is 16.2. The van der Waals surface area contributed by atoms with Gasteiger partial charge in [0.1, 0.15) is 0 Å². The second-order valence-electron chi connectivity index (χ2n) is 9.43. The van der Waals surface area contributed by atoms with Gasteiger partial charge in [0.25, 0.3) is 11.5 Å². The van der Waals surface area contributed by atoms with Gasteiger partial charge in [0.05, 0.1) is 11.4 Å². The minimum atomic E-state index is 0.103. The number of anilines is 2. The first-order valence-corrected chi connectivity index (χ1v) is 11.7. The van der Waals surface area contributed by atoms with Gasteiger partial charge in [-0.1, -0.05) is 13.0 Å². The number of likely N-dealkylation sites (tertiary alicyclic amines) is 1. The highest BCUT2D eigenvalue weighted by Crippen LogP contribution is 2.38. The van der Waals surface area contributed by atoms with Gasteiger partial charge in [-0.2, -0.15) is 0 Å². The fourth-order valence-corrected chi connectivity index (χ4v) is 5.93. The van der Waals surface area contributed by atoms with Crippen molar-refractivity contribution >= 4 is 17.3 Å². The van der Waals surface area contributed by atoms with Gasteiger partial charge in [0.15, 0.2) is 0 Å². The van der Waals surface area contributed by atoms with Crippen LogP contribution < -0.4 is 16.2 Å². The Bertz CT molecular complexity index is 1050. The smallest absolute Gasteiger partial charge is 0.254 e. The van der Waals surface area contributed by atoms with Gasteiger partial charge in [0.2, 0.25) is 0 Å². The van der Waals surface area contributed by atoms with Gasteiger partial charge in [-0.15, -0.1) is 0 Å². The summed E-state index contributed by atoms with van der Waals surface area (Å²) in [7, 11) is 0. The average Bonchev–Trinajstić information content (AvgIpc) is 2.79. The van der Waals surface area contributed by atoms with Crippen molar-refractivity contribution in [3.63, 3.8) is 0 Å². The molecule has 4 heterocycles. The highest BCUT2D eigenvalue weighted by Gasteiger charge is 2.35. The minimum absolute atomic E-state index is 0.103. The van der Waals surface area contributed by atoms with Crippen LogP contribution in [0.15, 0.2) is 41.2 Å². The topological polar surface area (TPSA) is 71.6 Å². The molecule has 2 saturated heterocycles. The standard InChI is InChI=1S/C25H32N4O2/c1-2-20-6-3-4-11-28(20)25(31)18-9-10-23(21(26)13-18)27-14-17-12-19(16-27)22-7-5-8-24(30)29(22)15-17/h5,7-10,13,17,19-20H,2-4,6,11-12,14-16,26H2,1H3/t17-,19+,20-/m1/s1. The van der Waals surface area contributed by atoms with E-state index >= 15 is 0 Å². The molecular formula is C25H32N4O2. The van der Waals surface area contributed by atoms with Gasteiger partial charge >= 0.3 is 0 Å². The number of hydrogen-bond acceptors (Lipinski definition) is 4. The molecule has 6 nitrogen and oxygen atoms in total. The summed E-state index contributed by atoms with van der Waals surface area (Å²) >= 11 is 0. The van der Waals surface area contributed by atoms with Crippen molar-refractivity contribution in [1.82, 2.24) is 9.47 Å². The number of carbonyl (C=O) groups is 1. The third-order valence-corrected chi connectivity index (χ3v) is 7.45. The molecule has 3 atom stereocenters. The molecule has 2 N–H and O–H groups in total. The van der Waals surface area contributed by atoms with E-state index in [0.29, 0.717) is 29.1 Å². The summed E-state index contributed by atoms with van der Waals surface area (Å²) in [6.07, 6.45) is 5.49. The van der Waals surface area contributed by atoms with Gasteiger partial charge in [-0.3, -0.25) is 9.59 Å². The Morgan fingerprint density at radius 3 is 2.81 bits per heavy atom. The number of nitrogens with two attached hydrogens (primary N) is 1. The zero-order valence-corrected chi connectivity index (χ0v) is 18.3. The maximum absolute atomic E-state index is 13.2. The van der Waals surface area contributed by atoms with Crippen LogP contribution in [0.5, 0.6) is 0 Å². The summed E-state index contributed by atoms with van der Waals surface area (Å²) in [6, 6.07) is 11.8. The summed E-state index contributed by atoms with van der Waals surface area (Å²) in [6.45, 7) is 5.51. The van der Waals surface area contributed by atoms with E-state index in [1.54, 1.807) is 6.07 Å². The molecule has 2 bridgehead atoms. The van der Waals surface area contributed by atoms with E-state index in [1.165, 1.54) is 6.42 Å². The molecule has 2 fully saturated rings. The van der Waals surface area contributed by atoms with Crippen LogP contribution in [0, 0.1) is 5.92 Å². The van der Waals surface area contributed by atoms with E-state index in [1.807, 2.05) is 33.7 Å². The lowest BCUT2D eigenvalue weighted by Crippen LogP contribution is -2.47. The van der Waals surface area contributed by atoms with Crippen LogP contribution in [0.25, 0.3) is 0 Å². The number of nitrogens with zero attached hydrogens (tertiary/aromatic N) is 3. The van der Waals surface area contributed by atoms with Crippen molar-refractivity contribution in [1.29, 1.82) is 0 Å². The summed E-state index contributed by atoms with van der Waals surface area (Å²) < 4.78 is 1.95. The van der Waals surface area contributed by atoms with Crippen LogP contribution in [0.3, 0.4) is 0 Å². The van der Waals surface area contributed by atoms with Crippen LogP contribution in [0.4, 0.5) is 11.4 Å². The quantitative estimate of drug-likeness (QED) is 0.772. The summed E-state index contributed by atoms with van der Waals surface area (Å²) in [4.78, 5) is 29.8. The molecule has 31 heavy (non-hydrogen) atoms. The zero-order valence-electron chi connectivity index (χ0n) is 18.3. The third kappa shape index (κ3) is 3.62. The Morgan fingerprint density at radius 2 is 2.00 bits per heavy atom. The molecule has 2 aromatic rings. The molecule has 0 unspecified atom stereocenters. The second kappa shape index (κ2) is 8.06. The first-order valence-electron chi connectivity index (χ1n) is 11.7. The molecule has 164 valence electrons. The van der Waals surface area contributed by atoms with Gasteiger partial charge in [-0.25, -0.2) is 0 Å². The van der Waals surface area contributed by atoms with E-state index in [0.717, 1.165) is 63.2 Å². The number of pyridine rings is 1. The van der Waals surface area contributed by atoms with Crippen molar-refractivity contribution in [2.45, 2.75) is 57.5 Å². The van der Waals surface area contributed by atoms with Crippen molar-refractivity contribution < 1.29 is 4.79 Å². The van der Waals surface area contributed by atoms with Crippen LogP contribution in [0.1, 0.15) is 61.0 Å². The molecule has 0 radical (unpaired) electrons. The second-order valence-corrected chi connectivity index (χ2v) is 9.43. The highest BCUT2D eigenvalue weighted by molar-refractivity contribution is 5.96. The molecule has 1 aromatic carbocycles. The van der Waals surface area contributed by atoms with Crippen LogP contribution in [0.2, 0.25) is 0 Å². The number of amides is 1. The van der Waals surface area contributed by atoms with E-state index in [-0.39, 0.29) is 11.5 Å². The number of fused-ring (bicyclic) bond motifs is 4. The molecule has 3 aliphatic heterocycles. The number of aromatic nitrogens is 1. The Kier molecular flexibility index (Phi) is 5.24. The third-order valence-electron chi connectivity index (χ3n) is 7.45. The first kappa shape index (κ1) is 20.2. The SMILES string of the molecule is CC[C@@H]1CCCCN1C(=O)c1ccc(N2C[C@H]3C[C@@H](C2)c2cccc(=O)n2C3)c(N)c1. The Balaban J connectivity index is 1.37. The first-order chi connectivity index (χ1) is 15.0. The van der Waals surface area contributed by atoms with Crippen LogP contribution >= 0.6 is 0 Å². The van der Waals surface area contributed by atoms with Crippen molar-refractivity contribution in [2.24, 2.45) is 5.92 Å². The van der Waals surface area contributed by atoms with Crippen LogP contribution in [-0.2, 0) is 6.54 Å². The molecule has 0 spiro atoms. The zero-order chi connectivity index (χ0) is 21.5. The predicted molar refractivity (Wildman–Crippen MR) is 124 cm³/mol. The van der Waals surface area contributed by atoms with E-state index in [2.05, 4.69) is 17.9 Å². The normalized spacial score (nSPS) is 25.3. The van der Waals surface area contributed by atoms with Crippen molar-refractivity contribution in [3.05, 3.63) is 58.0 Å². The maximum Gasteiger partial charge on any atom is 0.254 e. The molecule has 5 rings (SSSR count). The monoisotopic (exact) mass is 420 g/mol. The Labute approximate surface area is 183 Å². The number of benzene rings is 1. The lowest BCUT2D eigenvalue weighted by atomic mass is 9.83. The molecule has 6 heteroatoms. The van der Waals surface area contributed by atoms with E-state index in [9.17, 15) is 9.59 Å². The molecular weight excluding hydrogens is 388 g/mol. The largest absolute Gasteiger partial charge is 0.397 e. The molecule has 3 aliphatic rings. The number of carbonyl (C=O) groups excluding carboxylic acids is 1. The van der Waals surface area contributed by atoms with Gasteiger partial charge in [-0.05, 0) is 62.3 Å². The number of hydrogen-bond donors (Lipinski definition) is 1. The molecule has 1 amide bonds. The summed E-state index contributed by atoms with van der Waals surface area (Å²) in [5, 5.41) is 0. The molecule has 1 aromatic heterocycles. The number of piperidine rings is 2. The number of rotatable bonds is 3. The summed E-state index contributed by atoms with van der Waals surface area (Å²) in [5.41, 5.74) is 10.1. The lowest BCUT2D eigenvalue weighted by Gasteiger charge is -2.44.